The maximum atomic E-state index is 13.8. The summed E-state index contributed by atoms with van der Waals surface area (Å²) in [4.78, 5) is 26.1. The number of nitrogens with one attached hydrogen (secondary N) is 2. The first-order valence-electron chi connectivity index (χ1n) is 8.19. The molecule has 132 valence electrons. The lowest BCUT2D eigenvalue weighted by Gasteiger charge is -2.04. The van der Waals surface area contributed by atoms with Crippen LogP contribution in [0.5, 0.6) is 0 Å². The van der Waals surface area contributed by atoms with Gasteiger partial charge in [-0.2, -0.15) is 0 Å². The Kier molecular flexibility index (Phi) is 4.30. The predicted molar refractivity (Wildman–Crippen MR) is 95.4 cm³/mol. The Bertz CT molecular complexity index is 971. The number of carbonyl (C=O) groups excluding carboxylic acids is 2. The van der Waals surface area contributed by atoms with Crippen LogP contribution < -0.4 is 10.9 Å². The highest BCUT2D eigenvalue weighted by Gasteiger charge is 2.19. The molecule has 0 spiro atoms. The number of halogens is 1. The zero-order valence-electron chi connectivity index (χ0n) is 13.7. The third kappa shape index (κ3) is 3.13. The van der Waals surface area contributed by atoms with Crippen molar-refractivity contribution in [2.75, 3.05) is 0 Å². The van der Waals surface area contributed by atoms with Gasteiger partial charge in [-0.05, 0) is 55.2 Å². The number of rotatable bonds is 3. The molecule has 2 aromatic heterocycles. The van der Waals surface area contributed by atoms with E-state index in [2.05, 4.69) is 10.9 Å². The van der Waals surface area contributed by atoms with Gasteiger partial charge in [0.05, 0.1) is 10.4 Å². The lowest BCUT2D eigenvalue weighted by molar-refractivity contribution is 0.0833. The average Bonchev–Trinajstić information content (AvgIpc) is 3.35. The summed E-state index contributed by atoms with van der Waals surface area (Å²) in [5.74, 6) is -1.18. The maximum absolute atomic E-state index is 13.8. The Morgan fingerprint density at radius 3 is 2.65 bits per heavy atom. The first-order chi connectivity index (χ1) is 12.6. The van der Waals surface area contributed by atoms with Gasteiger partial charge in [-0.15, -0.1) is 11.3 Å². The number of amides is 2. The molecule has 3 aromatic rings. The van der Waals surface area contributed by atoms with Gasteiger partial charge in [0.1, 0.15) is 11.6 Å². The molecule has 0 atom stereocenters. The molecule has 2 heterocycles. The van der Waals surface area contributed by atoms with Crippen LogP contribution >= 0.6 is 11.3 Å². The number of aryl methyl sites for hydroxylation is 2. The van der Waals surface area contributed by atoms with Gasteiger partial charge in [0.15, 0.2) is 5.76 Å². The van der Waals surface area contributed by atoms with Crippen molar-refractivity contribution < 1.29 is 18.4 Å². The smallest absolute Gasteiger partial charge is 0.305 e. The van der Waals surface area contributed by atoms with Crippen molar-refractivity contribution in [3.05, 3.63) is 69.4 Å². The molecule has 0 radical (unpaired) electrons. The van der Waals surface area contributed by atoms with E-state index in [0.29, 0.717) is 4.88 Å². The largest absolute Gasteiger partial charge is 0.451 e. The molecule has 5 nitrogen and oxygen atoms in total. The minimum atomic E-state index is -0.606. The van der Waals surface area contributed by atoms with Crippen LogP contribution in [0.25, 0.3) is 11.3 Å². The Hall–Kier alpha value is -2.93. The van der Waals surface area contributed by atoms with Crippen molar-refractivity contribution in [2.24, 2.45) is 0 Å². The number of benzene rings is 1. The van der Waals surface area contributed by atoms with Crippen LogP contribution in [0.3, 0.4) is 0 Å². The molecule has 0 bridgehead atoms. The van der Waals surface area contributed by atoms with Crippen LogP contribution in [0.2, 0.25) is 0 Å². The molecule has 4 rings (SSSR count). The summed E-state index contributed by atoms with van der Waals surface area (Å²) in [6, 6.07) is 11.0. The molecule has 0 saturated carbocycles. The lowest BCUT2D eigenvalue weighted by atomic mass is 10.1. The second-order valence-corrected chi connectivity index (χ2v) is 7.10. The van der Waals surface area contributed by atoms with E-state index < -0.39 is 11.7 Å². The van der Waals surface area contributed by atoms with Crippen LogP contribution in [-0.2, 0) is 12.8 Å². The van der Waals surface area contributed by atoms with E-state index in [0.717, 1.165) is 19.3 Å². The number of carbonyl (C=O) groups is 2. The first kappa shape index (κ1) is 16.5. The van der Waals surface area contributed by atoms with Crippen LogP contribution in [0, 0.1) is 5.82 Å². The molecule has 1 aromatic carbocycles. The van der Waals surface area contributed by atoms with Gasteiger partial charge in [0, 0.05) is 4.88 Å². The Balaban J connectivity index is 1.40. The quantitative estimate of drug-likeness (QED) is 0.691. The summed E-state index contributed by atoms with van der Waals surface area (Å²) in [5, 5.41) is 0. The van der Waals surface area contributed by atoms with E-state index in [1.54, 1.807) is 18.2 Å². The molecule has 0 fully saturated rings. The predicted octanol–water partition coefficient (Wildman–Crippen LogP) is 3.71. The topological polar surface area (TPSA) is 71.3 Å². The highest BCUT2D eigenvalue weighted by Crippen LogP contribution is 2.30. The molecule has 2 N–H and O–H groups in total. The van der Waals surface area contributed by atoms with Crippen molar-refractivity contribution in [3.8, 4) is 11.3 Å². The SMILES string of the molecule is O=C(NNC(=O)c1cc2c(s1)CCC2)c1ccc(-c2ccccc2F)o1. The fraction of sp³-hybridized carbons (Fsp3) is 0.158. The standard InChI is InChI=1S/C19H15FN2O3S/c20-13-6-2-1-5-12(13)14-8-9-15(25-14)18(23)21-22-19(24)17-10-11-4-3-7-16(11)26-17/h1-2,5-6,8-10H,3-4,7H2,(H,21,23)(H,22,24). The van der Waals surface area contributed by atoms with Crippen LogP contribution in [-0.4, -0.2) is 11.8 Å². The second-order valence-electron chi connectivity index (χ2n) is 5.96. The summed E-state index contributed by atoms with van der Waals surface area (Å²) < 4.78 is 19.2. The van der Waals surface area contributed by atoms with Gasteiger partial charge in [0.2, 0.25) is 0 Å². The van der Waals surface area contributed by atoms with Gasteiger partial charge in [0.25, 0.3) is 5.91 Å². The van der Waals surface area contributed by atoms with E-state index in [1.165, 1.54) is 40.0 Å². The fourth-order valence-corrected chi connectivity index (χ4v) is 4.09. The zero-order valence-corrected chi connectivity index (χ0v) is 14.5. The van der Waals surface area contributed by atoms with Crippen molar-refractivity contribution in [3.63, 3.8) is 0 Å². The molecular weight excluding hydrogens is 355 g/mol. The van der Waals surface area contributed by atoms with Crippen molar-refractivity contribution >= 4 is 23.2 Å². The van der Waals surface area contributed by atoms with E-state index >= 15 is 0 Å². The molecule has 1 aliphatic rings. The van der Waals surface area contributed by atoms with E-state index in [-0.39, 0.29) is 23.0 Å². The van der Waals surface area contributed by atoms with Crippen LogP contribution in [0.15, 0.2) is 46.9 Å². The second kappa shape index (κ2) is 6.76. The Morgan fingerprint density at radius 2 is 1.85 bits per heavy atom. The molecule has 0 saturated heterocycles. The summed E-state index contributed by atoms with van der Waals surface area (Å²) in [6.45, 7) is 0. The van der Waals surface area contributed by atoms with Gasteiger partial charge in [-0.25, -0.2) is 4.39 Å². The monoisotopic (exact) mass is 370 g/mol. The van der Waals surface area contributed by atoms with Gasteiger partial charge < -0.3 is 4.42 Å². The average molecular weight is 370 g/mol. The van der Waals surface area contributed by atoms with Gasteiger partial charge >= 0.3 is 5.91 Å². The molecule has 1 aliphatic carbocycles. The first-order valence-corrected chi connectivity index (χ1v) is 9.00. The molecule has 2 amide bonds. The number of hydrogen-bond donors (Lipinski definition) is 2. The number of thiophene rings is 1. The molecule has 0 aliphatic heterocycles. The van der Waals surface area contributed by atoms with Gasteiger partial charge in [-0.3, -0.25) is 20.4 Å². The third-order valence-corrected chi connectivity index (χ3v) is 5.46. The van der Waals surface area contributed by atoms with E-state index in [4.69, 9.17) is 4.42 Å². The summed E-state index contributed by atoms with van der Waals surface area (Å²) in [5.41, 5.74) is 6.19. The number of hydrazine groups is 1. The van der Waals surface area contributed by atoms with Crippen molar-refractivity contribution in [2.45, 2.75) is 19.3 Å². The Labute approximate surface area is 152 Å². The fourth-order valence-electron chi connectivity index (χ4n) is 2.94. The van der Waals surface area contributed by atoms with E-state index in [1.807, 2.05) is 6.07 Å². The van der Waals surface area contributed by atoms with E-state index in [9.17, 15) is 14.0 Å². The van der Waals surface area contributed by atoms with Crippen LogP contribution in [0.4, 0.5) is 4.39 Å². The number of fused-ring (bicyclic) bond motifs is 1. The minimum absolute atomic E-state index is 0.0165. The number of furan rings is 1. The summed E-state index contributed by atoms with van der Waals surface area (Å²) in [6.07, 6.45) is 3.13. The molecule has 26 heavy (non-hydrogen) atoms. The molecule has 0 unspecified atom stereocenters. The summed E-state index contributed by atoms with van der Waals surface area (Å²) >= 11 is 1.45. The zero-order chi connectivity index (χ0) is 18.1. The van der Waals surface area contributed by atoms with Crippen molar-refractivity contribution in [1.29, 1.82) is 0 Å². The highest BCUT2D eigenvalue weighted by atomic mass is 32.1. The number of hydrogen-bond acceptors (Lipinski definition) is 4. The molecular formula is C19H15FN2O3S. The molecule has 7 heteroatoms. The van der Waals surface area contributed by atoms with Crippen LogP contribution in [0.1, 0.15) is 37.1 Å². The van der Waals surface area contributed by atoms with Gasteiger partial charge in [-0.1, -0.05) is 12.1 Å². The minimum Gasteiger partial charge on any atom is -0.451 e. The lowest BCUT2D eigenvalue weighted by Crippen LogP contribution is -2.41. The highest BCUT2D eigenvalue weighted by molar-refractivity contribution is 7.14. The Morgan fingerprint density at radius 1 is 1.04 bits per heavy atom. The summed E-state index contributed by atoms with van der Waals surface area (Å²) in [7, 11) is 0. The van der Waals surface area contributed by atoms with Crippen molar-refractivity contribution in [1.82, 2.24) is 10.9 Å². The normalized spacial score (nSPS) is 12.7. The maximum Gasteiger partial charge on any atom is 0.305 e. The third-order valence-electron chi connectivity index (χ3n) is 4.23.